The fourth-order valence-corrected chi connectivity index (χ4v) is 5.13. The van der Waals surface area contributed by atoms with Crippen LogP contribution >= 0.6 is 34.8 Å². The molecule has 1 aliphatic rings. The molecule has 7 heteroatoms. The molecule has 5 rings (SSSR count). The van der Waals surface area contributed by atoms with Crippen molar-refractivity contribution in [3.05, 3.63) is 99.0 Å². The monoisotopic (exact) mass is 526 g/mol. The Morgan fingerprint density at radius 2 is 1.57 bits per heavy atom. The molecule has 1 N–H and O–H groups in total. The predicted octanol–water partition coefficient (Wildman–Crippen LogP) is 7.83. The van der Waals surface area contributed by atoms with Crippen LogP contribution in [0.4, 0.5) is 11.4 Å². The summed E-state index contributed by atoms with van der Waals surface area (Å²) in [4.78, 5) is 2.26. The molecule has 4 aromatic carbocycles. The van der Waals surface area contributed by atoms with Crippen molar-refractivity contribution in [1.82, 2.24) is 0 Å². The number of fused-ring (bicyclic) bond motifs is 1. The molecule has 4 aromatic rings. The Bertz CT molecular complexity index is 1320. The maximum absolute atomic E-state index is 6.65. The molecular weight excluding hydrogens is 503 g/mol. The van der Waals surface area contributed by atoms with Gasteiger partial charge >= 0.3 is 0 Å². The minimum Gasteiger partial charge on any atom is -0.488 e. The molecule has 1 fully saturated rings. The van der Waals surface area contributed by atoms with Crippen LogP contribution in [0, 0.1) is 0 Å². The number of nitrogens with one attached hydrogen (secondary N) is 1. The van der Waals surface area contributed by atoms with E-state index < -0.39 is 0 Å². The molecule has 0 spiro atoms. The average molecular weight is 528 g/mol. The van der Waals surface area contributed by atoms with E-state index in [1.807, 2.05) is 42.5 Å². The summed E-state index contributed by atoms with van der Waals surface area (Å²) in [5.74, 6) is 0.781. The third-order valence-electron chi connectivity index (χ3n) is 6.20. The van der Waals surface area contributed by atoms with E-state index in [-0.39, 0.29) is 6.61 Å². The first-order chi connectivity index (χ1) is 17.1. The molecule has 180 valence electrons. The Kier molecular flexibility index (Phi) is 7.54. The largest absolute Gasteiger partial charge is 0.488 e. The standard InChI is InChI=1S/C28H25Cl3N2O2/c29-24-6-3-7-25(30)23(24)18-35-28-11-8-19-4-1-2-5-21(19)22(28)17-32-20-9-10-27(26(31)16-20)33-12-14-34-15-13-33/h1-11,16,32H,12-15,17-18H2. The number of halogens is 3. The molecular formula is C28H25Cl3N2O2. The van der Waals surface area contributed by atoms with Gasteiger partial charge in [-0.2, -0.15) is 0 Å². The van der Waals surface area contributed by atoms with E-state index in [1.54, 1.807) is 0 Å². The topological polar surface area (TPSA) is 33.7 Å². The van der Waals surface area contributed by atoms with Crippen LogP contribution in [0.25, 0.3) is 10.8 Å². The van der Waals surface area contributed by atoms with E-state index in [0.29, 0.717) is 16.6 Å². The fourth-order valence-electron chi connectivity index (χ4n) is 4.32. The van der Waals surface area contributed by atoms with Gasteiger partial charge in [-0.05, 0) is 47.2 Å². The van der Waals surface area contributed by atoms with Crippen LogP contribution in [0.5, 0.6) is 5.75 Å². The first kappa shape index (κ1) is 24.1. The second kappa shape index (κ2) is 11.0. The van der Waals surface area contributed by atoms with E-state index in [9.17, 15) is 0 Å². The van der Waals surface area contributed by atoms with Crippen LogP contribution < -0.4 is 15.0 Å². The summed E-state index contributed by atoms with van der Waals surface area (Å²) in [7, 11) is 0. The maximum atomic E-state index is 6.65. The predicted molar refractivity (Wildman–Crippen MR) is 147 cm³/mol. The second-order valence-corrected chi connectivity index (χ2v) is 9.59. The normalized spacial score (nSPS) is 13.7. The molecule has 35 heavy (non-hydrogen) atoms. The first-order valence-electron chi connectivity index (χ1n) is 11.5. The Morgan fingerprint density at radius 1 is 0.800 bits per heavy atom. The van der Waals surface area contributed by atoms with Gasteiger partial charge in [-0.1, -0.05) is 71.2 Å². The van der Waals surface area contributed by atoms with Crippen molar-refractivity contribution < 1.29 is 9.47 Å². The lowest BCUT2D eigenvalue weighted by molar-refractivity contribution is 0.122. The lowest BCUT2D eigenvalue weighted by Crippen LogP contribution is -2.36. The molecule has 0 atom stereocenters. The first-order valence-corrected chi connectivity index (χ1v) is 12.7. The third-order valence-corrected chi connectivity index (χ3v) is 7.21. The SMILES string of the molecule is Clc1cc(NCc2c(OCc3c(Cl)cccc3Cl)ccc3ccccc23)ccc1N1CCOCC1. The Hall–Kier alpha value is -2.63. The van der Waals surface area contributed by atoms with E-state index >= 15 is 0 Å². The number of rotatable bonds is 7. The van der Waals surface area contributed by atoms with Crippen LogP contribution in [0.2, 0.25) is 15.1 Å². The number of morpholine rings is 1. The third kappa shape index (κ3) is 5.46. The molecule has 0 aromatic heterocycles. The minimum absolute atomic E-state index is 0.282. The molecule has 4 nitrogen and oxygen atoms in total. The molecule has 0 saturated carbocycles. The zero-order valence-corrected chi connectivity index (χ0v) is 21.3. The zero-order valence-electron chi connectivity index (χ0n) is 19.1. The number of hydrogen-bond acceptors (Lipinski definition) is 4. The summed E-state index contributed by atoms with van der Waals surface area (Å²) in [5, 5.41) is 7.70. The molecule has 0 unspecified atom stereocenters. The molecule has 0 aliphatic carbocycles. The van der Waals surface area contributed by atoms with E-state index in [1.165, 1.54) is 0 Å². The highest BCUT2D eigenvalue weighted by Crippen LogP contribution is 2.33. The van der Waals surface area contributed by atoms with E-state index in [4.69, 9.17) is 44.3 Å². The van der Waals surface area contributed by atoms with Crippen LogP contribution in [0.1, 0.15) is 11.1 Å². The minimum atomic E-state index is 0.282. The Balaban J connectivity index is 1.38. The Morgan fingerprint density at radius 3 is 2.34 bits per heavy atom. The molecule has 1 aliphatic heterocycles. The quantitative estimate of drug-likeness (QED) is 0.265. The van der Waals surface area contributed by atoms with Gasteiger partial charge in [0.1, 0.15) is 12.4 Å². The number of ether oxygens (including phenoxy) is 2. The maximum Gasteiger partial charge on any atom is 0.125 e. The van der Waals surface area contributed by atoms with Crippen LogP contribution in [-0.4, -0.2) is 26.3 Å². The average Bonchev–Trinajstić information content (AvgIpc) is 2.88. The summed E-state index contributed by atoms with van der Waals surface area (Å²) in [6.07, 6.45) is 0. The van der Waals surface area contributed by atoms with Crippen molar-refractivity contribution in [2.75, 3.05) is 36.5 Å². The highest BCUT2D eigenvalue weighted by Gasteiger charge is 2.15. The van der Waals surface area contributed by atoms with Gasteiger partial charge in [0.25, 0.3) is 0 Å². The summed E-state index contributed by atoms with van der Waals surface area (Å²) < 4.78 is 11.7. The van der Waals surface area contributed by atoms with Crippen LogP contribution in [-0.2, 0) is 17.9 Å². The number of nitrogens with zero attached hydrogens (tertiary/aromatic N) is 1. The molecule has 1 saturated heterocycles. The smallest absolute Gasteiger partial charge is 0.125 e. The van der Waals surface area contributed by atoms with Gasteiger partial charge in [0, 0.05) is 46.5 Å². The summed E-state index contributed by atoms with van der Waals surface area (Å²) in [6, 6.07) is 23.9. The number of hydrogen-bond donors (Lipinski definition) is 1. The second-order valence-electron chi connectivity index (χ2n) is 8.37. The number of anilines is 2. The van der Waals surface area contributed by atoms with Crippen LogP contribution in [0.3, 0.4) is 0 Å². The van der Waals surface area contributed by atoms with Gasteiger partial charge in [-0.25, -0.2) is 0 Å². The lowest BCUT2D eigenvalue weighted by atomic mass is 10.0. The molecule has 0 bridgehead atoms. The lowest BCUT2D eigenvalue weighted by Gasteiger charge is -2.29. The Labute approximate surface area is 220 Å². The summed E-state index contributed by atoms with van der Waals surface area (Å²) >= 11 is 19.4. The van der Waals surface area contributed by atoms with Crippen molar-refractivity contribution in [2.45, 2.75) is 13.2 Å². The van der Waals surface area contributed by atoms with Crippen molar-refractivity contribution in [3.63, 3.8) is 0 Å². The van der Waals surface area contributed by atoms with Crippen molar-refractivity contribution in [3.8, 4) is 5.75 Å². The fraction of sp³-hybridized carbons (Fsp3) is 0.214. The van der Waals surface area contributed by atoms with Gasteiger partial charge < -0.3 is 19.7 Å². The molecule has 0 amide bonds. The van der Waals surface area contributed by atoms with Crippen molar-refractivity contribution >= 4 is 57.0 Å². The van der Waals surface area contributed by atoms with E-state index in [0.717, 1.165) is 70.3 Å². The number of benzene rings is 4. The highest BCUT2D eigenvalue weighted by atomic mass is 35.5. The van der Waals surface area contributed by atoms with Gasteiger partial charge in [0.05, 0.1) is 23.9 Å². The van der Waals surface area contributed by atoms with Crippen LogP contribution in [0.15, 0.2) is 72.8 Å². The van der Waals surface area contributed by atoms with Crippen molar-refractivity contribution in [1.29, 1.82) is 0 Å². The summed E-state index contributed by atoms with van der Waals surface area (Å²) in [5.41, 5.74) is 3.80. The van der Waals surface area contributed by atoms with Gasteiger partial charge in [0.2, 0.25) is 0 Å². The molecule has 0 radical (unpaired) electrons. The van der Waals surface area contributed by atoms with Gasteiger partial charge in [-0.3, -0.25) is 0 Å². The van der Waals surface area contributed by atoms with Gasteiger partial charge in [0.15, 0.2) is 0 Å². The zero-order chi connectivity index (χ0) is 24.2. The molecule has 1 heterocycles. The van der Waals surface area contributed by atoms with Gasteiger partial charge in [-0.15, -0.1) is 0 Å². The highest BCUT2D eigenvalue weighted by molar-refractivity contribution is 6.36. The van der Waals surface area contributed by atoms with Crippen molar-refractivity contribution in [2.24, 2.45) is 0 Å². The summed E-state index contributed by atoms with van der Waals surface area (Å²) in [6.45, 7) is 3.99. The van der Waals surface area contributed by atoms with E-state index in [2.05, 4.69) is 40.5 Å².